The number of halogens is 1. The van der Waals surface area contributed by atoms with E-state index in [9.17, 15) is 4.79 Å². The van der Waals surface area contributed by atoms with E-state index in [2.05, 4.69) is 10.2 Å². The predicted molar refractivity (Wildman–Crippen MR) is 132 cm³/mol. The molecular weight excluding hydrogens is 476 g/mol. The molecule has 0 fully saturated rings. The minimum Gasteiger partial charge on any atom is -0.420 e. The van der Waals surface area contributed by atoms with Gasteiger partial charge in [0.05, 0.1) is 16.8 Å². The Morgan fingerprint density at radius 2 is 1.88 bits per heavy atom. The molecule has 164 valence electrons. The zero-order valence-corrected chi connectivity index (χ0v) is 19.7. The van der Waals surface area contributed by atoms with Crippen LogP contribution in [0.1, 0.15) is 22.8 Å². The van der Waals surface area contributed by atoms with Crippen LogP contribution >= 0.6 is 34.7 Å². The Morgan fingerprint density at radius 1 is 1.06 bits per heavy atom. The summed E-state index contributed by atoms with van der Waals surface area (Å²) in [6.07, 6.45) is 3.08. The molecule has 33 heavy (non-hydrogen) atoms. The van der Waals surface area contributed by atoms with E-state index in [-0.39, 0.29) is 5.56 Å². The molecule has 0 bridgehead atoms. The molecule has 0 spiro atoms. The smallest absolute Gasteiger partial charge is 0.267 e. The Hall–Kier alpha value is -2.94. The fourth-order valence-corrected chi connectivity index (χ4v) is 6.35. The van der Waals surface area contributed by atoms with Crippen molar-refractivity contribution in [3.8, 4) is 17.1 Å². The predicted octanol–water partition coefficient (Wildman–Crippen LogP) is 5.93. The van der Waals surface area contributed by atoms with Gasteiger partial charge < -0.3 is 4.42 Å². The lowest BCUT2D eigenvalue weighted by Gasteiger charge is -2.11. The second kappa shape index (κ2) is 8.44. The maximum Gasteiger partial charge on any atom is 0.267 e. The third-order valence-corrected chi connectivity index (χ3v) is 7.97. The highest BCUT2D eigenvalue weighted by Gasteiger charge is 2.24. The summed E-state index contributed by atoms with van der Waals surface area (Å²) in [4.78, 5) is 20.7. The lowest BCUT2D eigenvalue weighted by atomic mass is 10.2. The summed E-state index contributed by atoms with van der Waals surface area (Å²) < 4.78 is 7.55. The van der Waals surface area contributed by atoms with Crippen LogP contribution in [0, 0.1) is 0 Å². The van der Waals surface area contributed by atoms with Crippen molar-refractivity contribution >= 4 is 44.9 Å². The third kappa shape index (κ3) is 3.78. The number of aryl methyl sites for hydroxylation is 2. The zero-order valence-electron chi connectivity index (χ0n) is 17.3. The van der Waals surface area contributed by atoms with Gasteiger partial charge in [0.1, 0.15) is 4.83 Å². The SMILES string of the molecule is O=c1c2c3c(sc2nc(SCc2nnc(-c4ccc(Cl)cc4)o2)n1-c1ccccc1)CCC3. The van der Waals surface area contributed by atoms with E-state index in [1.807, 2.05) is 42.5 Å². The average Bonchev–Trinajstić information content (AvgIpc) is 3.55. The van der Waals surface area contributed by atoms with Crippen LogP contribution in [-0.4, -0.2) is 19.7 Å². The van der Waals surface area contributed by atoms with Crippen molar-refractivity contribution in [1.29, 1.82) is 0 Å². The highest BCUT2D eigenvalue weighted by Crippen LogP contribution is 2.36. The number of para-hydroxylation sites is 1. The average molecular weight is 493 g/mol. The number of nitrogens with zero attached hydrogens (tertiary/aromatic N) is 4. The Morgan fingerprint density at radius 3 is 2.70 bits per heavy atom. The summed E-state index contributed by atoms with van der Waals surface area (Å²) in [5.74, 6) is 1.30. The first-order valence-corrected chi connectivity index (χ1v) is 12.7. The molecule has 0 amide bonds. The van der Waals surface area contributed by atoms with E-state index in [1.54, 1.807) is 28.0 Å². The number of benzene rings is 2. The maximum atomic E-state index is 13.7. The summed E-state index contributed by atoms with van der Waals surface area (Å²) in [5.41, 5.74) is 2.76. The second-order valence-corrected chi connectivity index (χ2v) is 10.2. The molecule has 0 N–H and O–H groups in total. The van der Waals surface area contributed by atoms with Crippen molar-refractivity contribution < 1.29 is 4.42 Å². The largest absolute Gasteiger partial charge is 0.420 e. The summed E-state index contributed by atoms with van der Waals surface area (Å²) in [7, 11) is 0. The van der Waals surface area contributed by atoms with Gasteiger partial charge in [0.15, 0.2) is 5.16 Å². The molecule has 0 saturated heterocycles. The number of hydrogen-bond acceptors (Lipinski definition) is 7. The monoisotopic (exact) mass is 492 g/mol. The van der Waals surface area contributed by atoms with Crippen molar-refractivity contribution in [2.75, 3.05) is 0 Å². The lowest BCUT2D eigenvalue weighted by molar-refractivity contribution is 0.528. The molecule has 1 aliphatic rings. The minimum atomic E-state index is -0.0134. The lowest BCUT2D eigenvalue weighted by Crippen LogP contribution is -2.21. The van der Waals surface area contributed by atoms with Gasteiger partial charge >= 0.3 is 0 Å². The molecule has 0 radical (unpaired) electrons. The van der Waals surface area contributed by atoms with Crippen LogP contribution in [0.3, 0.4) is 0 Å². The summed E-state index contributed by atoms with van der Waals surface area (Å²) in [6, 6.07) is 16.9. The van der Waals surface area contributed by atoms with E-state index in [1.165, 1.54) is 22.2 Å². The van der Waals surface area contributed by atoms with Gasteiger partial charge in [0.25, 0.3) is 5.56 Å². The molecule has 3 heterocycles. The maximum absolute atomic E-state index is 13.7. The van der Waals surface area contributed by atoms with Gasteiger partial charge in [-0.3, -0.25) is 9.36 Å². The van der Waals surface area contributed by atoms with Crippen LogP contribution in [0.25, 0.3) is 27.4 Å². The molecule has 0 aliphatic heterocycles. The van der Waals surface area contributed by atoms with Gasteiger partial charge in [-0.05, 0) is 61.2 Å². The molecule has 1 aliphatic carbocycles. The molecule has 3 aromatic heterocycles. The van der Waals surface area contributed by atoms with Crippen molar-refractivity contribution in [3.05, 3.63) is 86.3 Å². The molecule has 2 aromatic carbocycles. The van der Waals surface area contributed by atoms with E-state index in [0.29, 0.717) is 27.7 Å². The second-order valence-electron chi connectivity index (χ2n) is 7.70. The fraction of sp³-hybridized carbons (Fsp3) is 0.167. The topological polar surface area (TPSA) is 73.8 Å². The van der Waals surface area contributed by atoms with Gasteiger partial charge in [-0.25, -0.2) is 4.98 Å². The first kappa shape index (κ1) is 20.7. The quantitative estimate of drug-likeness (QED) is 0.223. The number of thioether (sulfide) groups is 1. The standard InChI is InChI=1S/C24H17ClN4O2S2/c25-15-11-9-14(10-12-15)21-28-27-19(31-21)13-32-24-26-22-20(17-7-4-8-18(17)33-22)23(30)29(24)16-5-2-1-3-6-16/h1-3,5-6,9-12H,4,7-8,13H2. The normalized spacial score (nSPS) is 13.0. The Bertz CT molecular complexity index is 1520. The van der Waals surface area contributed by atoms with Crippen LogP contribution in [0.15, 0.2) is 69.0 Å². The Labute approximate surface area is 202 Å². The van der Waals surface area contributed by atoms with Crippen LogP contribution in [0.2, 0.25) is 5.02 Å². The molecule has 6 nitrogen and oxygen atoms in total. The molecule has 9 heteroatoms. The van der Waals surface area contributed by atoms with Gasteiger partial charge in [-0.2, -0.15) is 0 Å². The number of hydrogen-bond donors (Lipinski definition) is 0. The van der Waals surface area contributed by atoms with Crippen LogP contribution in [0.4, 0.5) is 0 Å². The van der Waals surface area contributed by atoms with Gasteiger partial charge in [-0.1, -0.05) is 41.6 Å². The van der Waals surface area contributed by atoms with Crippen molar-refractivity contribution in [1.82, 2.24) is 19.7 Å². The summed E-state index contributed by atoms with van der Waals surface area (Å²) in [5, 5.41) is 10.4. The van der Waals surface area contributed by atoms with Crippen LogP contribution in [-0.2, 0) is 18.6 Å². The molecule has 0 atom stereocenters. The Balaban J connectivity index is 1.37. The highest BCUT2D eigenvalue weighted by atomic mass is 35.5. The minimum absolute atomic E-state index is 0.0134. The van der Waals surface area contributed by atoms with E-state index in [4.69, 9.17) is 21.0 Å². The van der Waals surface area contributed by atoms with E-state index < -0.39 is 0 Å². The summed E-state index contributed by atoms with van der Waals surface area (Å²) >= 11 is 9.02. The van der Waals surface area contributed by atoms with Crippen LogP contribution < -0.4 is 5.56 Å². The van der Waals surface area contributed by atoms with Crippen LogP contribution in [0.5, 0.6) is 0 Å². The van der Waals surface area contributed by atoms with Crippen molar-refractivity contribution in [2.24, 2.45) is 0 Å². The highest BCUT2D eigenvalue weighted by molar-refractivity contribution is 7.98. The first-order chi connectivity index (χ1) is 16.2. The first-order valence-electron chi connectivity index (χ1n) is 10.5. The number of aromatic nitrogens is 4. The van der Waals surface area contributed by atoms with Gasteiger partial charge in [0.2, 0.25) is 11.8 Å². The summed E-state index contributed by atoms with van der Waals surface area (Å²) in [6.45, 7) is 0. The molecule has 6 rings (SSSR count). The Kier molecular flexibility index (Phi) is 5.28. The molecule has 0 saturated carbocycles. The third-order valence-electron chi connectivity index (χ3n) is 5.61. The molecular formula is C24H17ClN4O2S2. The number of rotatable bonds is 5. The zero-order chi connectivity index (χ0) is 22.4. The number of fused-ring (bicyclic) bond motifs is 3. The van der Waals surface area contributed by atoms with Gasteiger partial charge in [-0.15, -0.1) is 21.5 Å². The van der Waals surface area contributed by atoms with Gasteiger partial charge in [0, 0.05) is 15.5 Å². The number of thiophene rings is 1. The molecule has 0 unspecified atom stereocenters. The van der Waals surface area contributed by atoms with Crippen molar-refractivity contribution in [2.45, 2.75) is 30.2 Å². The molecule has 5 aromatic rings. The van der Waals surface area contributed by atoms with E-state index in [0.717, 1.165) is 40.7 Å². The van der Waals surface area contributed by atoms with E-state index >= 15 is 0 Å². The fourth-order valence-electron chi connectivity index (χ4n) is 4.07. The van der Waals surface area contributed by atoms with Crippen molar-refractivity contribution in [3.63, 3.8) is 0 Å².